The average Bonchev–Trinajstić information content (AvgIpc) is 1.89. The molecule has 60 valence electrons. The molecule has 0 radical (unpaired) electrons. The fraction of sp³-hybridized carbons (Fsp3) is 0.600. The third-order valence-corrected chi connectivity index (χ3v) is 0.447. The van der Waals surface area contributed by atoms with Crippen LogP contribution < -0.4 is 16.8 Å². The highest BCUT2D eigenvalue weighted by atomic mass is 16.1. The first-order valence-electron chi connectivity index (χ1n) is 2.75. The van der Waals surface area contributed by atoms with Crippen LogP contribution in [0.1, 0.15) is 0 Å². The second-order valence-electron chi connectivity index (χ2n) is 1.40. The molecule has 5 heteroatoms. The Morgan fingerprint density at radius 2 is 2.10 bits per heavy atom. The van der Waals surface area contributed by atoms with Crippen LogP contribution >= 0.6 is 0 Å². The van der Waals surface area contributed by atoms with Gasteiger partial charge in [0.1, 0.15) is 6.29 Å². The molecule has 0 aromatic heterocycles. The minimum absolute atomic E-state index is 0.139. The molecule has 5 nitrogen and oxygen atoms in total. The van der Waals surface area contributed by atoms with Gasteiger partial charge in [0.15, 0.2) is 0 Å². The van der Waals surface area contributed by atoms with Crippen LogP contribution in [-0.2, 0) is 9.59 Å². The Morgan fingerprint density at radius 3 is 2.10 bits per heavy atom. The summed E-state index contributed by atoms with van der Waals surface area (Å²) in [5.41, 5.74) is 9.36. The maximum atomic E-state index is 9.76. The Labute approximate surface area is 59.8 Å². The van der Waals surface area contributed by atoms with E-state index in [0.717, 1.165) is 0 Å². The zero-order chi connectivity index (χ0) is 8.41. The molecule has 0 heterocycles. The molecule has 0 saturated heterocycles. The van der Waals surface area contributed by atoms with Gasteiger partial charge in [-0.25, -0.2) is 0 Å². The number of hydrogen-bond acceptors (Lipinski definition) is 4. The van der Waals surface area contributed by atoms with Gasteiger partial charge in [0.05, 0.1) is 6.54 Å². The highest BCUT2D eigenvalue weighted by Gasteiger charge is 1.82. The minimum Gasteiger partial charge on any atom is -0.369 e. The van der Waals surface area contributed by atoms with Gasteiger partial charge in [0, 0.05) is 6.54 Å². The van der Waals surface area contributed by atoms with E-state index in [1.165, 1.54) is 0 Å². The molecule has 0 unspecified atom stereocenters. The van der Waals surface area contributed by atoms with Gasteiger partial charge < -0.3 is 21.6 Å². The van der Waals surface area contributed by atoms with Gasteiger partial charge in [-0.05, 0) is 7.05 Å². The molecule has 0 aromatic carbocycles. The largest absolute Gasteiger partial charge is 0.369 e. The van der Waals surface area contributed by atoms with E-state index in [0.29, 0.717) is 6.29 Å². The Balaban J connectivity index is 0. The van der Waals surface area contributed by atoms with Crippen LogP contribution in [0.3, 0.4) is 0 Å². The van der Waals surface area contributed by atoms with Gasteiger partial charge in [-0.3, -0.25) is 4.79 Å². The number of carbonyl (C=O) groups is 2. The predicted octanol–water partition coefficient (Wildman–Crippen LogP) is -2.16. The van der Waals surface area contributed by atoms with E-state index >= 15 is 0 Å². The van der Waals surface area contributed by atoms with E-state index in [1.54, 1.807) is 7.05 Å². The third kappa shape index (κ3) is 27.7. The van der Waals surface area contributed by atoms with Crippen LogP contribution in [0, 0.1) is 0 Å². The molecule has 0 spiro atoms. The van der Waals surface area contributed by atoms with Crippen molar-refractivity contribution in [2.75, 3.05) is 20.1 Å². The number of rotatable bonds is 3. The van der Waals surface area contributed by atoms with Gasteiger partial charge >= 0.3 is 0 Å². The van der Waals surface area contributed by atoms with Crippen molar-refractivity contribution in [3.63, 3.8) is 0 Å². The number of amides is 1. The van der Waals surface area contributed by atoms with E-state index < -0.39 is 0 Å². The van der Waals surface area contributed by atoms with Gasteiger partial charge in [-0.1, -0.05) is 0 Å². The lowest BCUT2D eigenvalue weighted by molar-refractivity contribution is -0.117. The van der Waals surface area contributed by atoms with Crippen molar-refractivity contribution in [2.24, 2.45) is 11.5 Å². The third-order valence-electron chi connectivity index (χ3n) is 0.447. The maximum Gasteiger partial charge on any atom is 0.231 e. The SMILES string of the molecule is CNCC(N)=O.NCC=O. The number of aldehydes is 1. The summed E-state index contributed by atoms with van der Waals surface area (Å²) < 4.78 is 0. The Morgan fingerprint density at radius 1 is 1.70 bits per heavy atom. The molecule has 5 N–H and O–H groups in total. The molecular formula is C5H13N3O2. The summed E-state index contributed by atoms with van der Waals surface area (Å²) >= 11 is 0. The molecule has 0 atom stereocenters. The summed E-state index contributed by atoms with van der Waals surface area (Å²) in [4.78, 5) is 18.8. The van der Waals surface area contributed by atoms with Gasteiger partial charge in [0.2, 0.25) is 5.91 Å². The van der Waals surface area contributed by atoms with Crippen molar-refractivity contribution in [2.45, 2.75) is 0 Å². The number of hydrogen-bond donors (Lipinski definition) is 3. The summed E-state index contributed by atoms with van der Waals surface area (Å²) in [6.07, 6.45) is 0.653. The molecule has 0 saturated carbocycles. The highest BCUT2D eigenvalue weighted by Crippen LogP contribution is 1.44. The van der Waals surface area contributed by atoms with Crippen LogP contribution in [0.2, 0.25) is 0 Å². The van der Waals surface area contributed by atoms with Crippen molar-refractivity contribution in [3.8, 4) is 0 Å². The van der Waals surface area contributed by atoms with Crippen LogP contribution in [0.15, 0.2) is 0 Å². The molecular weight excluding hydrogens is 134 g/mol. The predicted molar refractivity (Wildman–Crippen MR) is 38.2 cm³/mol. The quantitative estimate of drug-likeness (QED) is 0.396. The molecule has 0 fully saturated rings. The highest BCUT2D eigenvalue weighted by molar-refractivity contribution is 5.75. The Bertz CT molecular complexity index is 94.9. The number of carbonyl (C=O) groups excluding carboxylic acids is 2. The summed E-state index contributed by atoms with van der Waals surface area (Å²) in [6.45, 7) is 0.403. The zero-order valence-corrected chi connectivity index (χ0v) is 5.96. The van der Waals surface area contributed by atoms with Crippen LogP contribution in [0.25, 0.3) is 0 Å². The topological polar surface area (TPSA) is 98.2 Å². The number of likely N-dealkylation sites (N-methyl/N-ethyl adjacent to an activating group) is 1. The van der Waals surface area contributed by atoms with Crippen LogP contribution in [0.5, 0.6) is 0 Å². The first-order chi connectivity index (χ1) is 4.68. The smallest absolute Gasteiger partial charge is 0.231 e. The van der Waals surface area contributed by atoms with Crippen LogP contribution in [0.4, 0.5) is 0 Å². The zero-order valence-electron chi connectivity index (χ0n) is 5.96. The summed E-state index contributed by atoms with van der Waals surface area (Å²) in [5.74, 6) is -0.322. The molecule has 10 heavy (non-hydrogen) atoms. The Hall–Kier alpha value is -0.940. The standard InChI is InChI=1S/C3H8N2O.C2H5NO/c1-5-2-3(4)6;3-1-2-4/h5H,2H2,1H3,(H2,4,6);2H,1,3H2. The van der Waals surface area contributed by atoms with E-state index in [2.05, 4.69) is 11.1 Å². The Kier molecular flexibility index (Phi) is 12.9. The van der Waals surface area contributed by atoms with E-state index in [1.807, 2.05) is 0 Å². The average molecular weight is 147 g/mol. The maximum absolute atomic E-state index is 9.76. The molecule has 0 aromatic rings. The van der Waals surface area contributed by atoms with Gasteiger partial charge in [0.25, 0.3) is 0 Å². The van der Waals surface area contributed by atoms with Gasteiger partial charge in [-0.15, -0.1) is 0 Å². The van der Waals surface area contributed by atoms with E-state index in [4.69, 9.17) is 10.5 Å². The molecule has 0 bridgehead atoms. The van der Waals surface area contributed by atoms with E-state index in [9.17, 15) is 4.79 Å². The first kappa shape index (κ1) is 11.8. The molecule has 0 aliphatic heterocycles. The molecule has 0 aliphatic carbocycles. The second kappa shape index (κ2) is 10.9. The number of primary amides is 1. The summed E-state index contributed by atoms with van der Waals surface area (Å²) in [7, 11) is 1.67. The molecule has 0 aliphatic rings. The number of nitrogens with one attached hydrogen (secondary N) is 1. The monoisotopic (exact) mass is 147 g/mol. The molecule has 1 amide bonds. The molecule has 0 rings (SSSR count). The van der Waals surface area contributed by atoms with Crippen molar-refractivity contribution < 1.29 is 9.59 Å². The van der Waals surface area contributed by atoms with Gasteiger partial charge in [-0.2, -0.15) is 0 Å². The van der Waals surface area contributed by atoms with E-state index in [-0.39, 0.29) is 19.0 Å². The van der Waals surface area contributed by atoms with Crippen molar-refractivity contribution in [1.82, 2.24) is 5.32 Å². The number of nitrogens with two attached hydrogens (primary N) is 2. The summed E-state index contributed by atoms with van der Waals surface area (Å²) in [6, 6.07) is 0. The van der Waals surface area contributed by atoms with Crippen molar-refractivity contribution in [3.05, 3.63) is 0 Å². The second-order valence-corrected chi connectivity index (χ2v) is 1.40. The lowest BCUT2D eigenvalue weighted by atomic mass is 10.6. The fourth-order valence-electron chi connectivity index (χ4n) is 0.174. The summed E-state index contributed by atoms with van der Waals surface area (Å²) in [5, 5.41) is 2.59. The lowest BCUT2D eigenvalue weighted by Crippen LogP contribution is -2.25. The first-order valence-corrected chi connectivity index (χ1v) is 2.75. The fourth-order valence-corrected chi connectivity index (χ4v) is 0.174. The van der Waals surface area contributed by atoms with Crippen molar-refractivity contribution >= 4 is 12.2 Å². The van der Waals surface area contributed by atoms with Crippen LogP contribution in [-0.4, -0.2) is 32.3 Å². The lowest BCUT2D eigenvalue weighted by Gasteiger charge is -1.85. The van der Waals surface area contributed by atoms with Crippen molar-refractivity contribution in [1.29, 1.82) is 0 Å². The minimum atomic E-state index is -0.322. The normalized spacial score (nSPS) is 7.40.